The van der Waals surface area contributed by atoms with Crippen molar-refractivity contribution in [3.8, 4) is 0 Å². The van der Waals surface area contributed by atoms with E-state index in [-0.39, 0.29) is 11.8 Å². The summed E-state index contributed by atoms with van der Waals surface area (Å²) in [5.74, 6) is -0.123. The number of likely N-dealkylation sites (tertiary alicyclic amines) is 1. The number of carbonyl (C=O) groups excluding carboxylic acids is 2. The van der Waals surface area contributed by atoms with E-state index in [0.717, 1.165) is 11.1 Å². The molecule has 1 aromatic carbocycles. The Bertz CT molecular complexity index is 755. The summed E-state index contributed by atoms with van der Waals surface area (Å²) >= 11 is 0. The van der Waals surface area contributed by atoms with Crippen LogP contribution in [0.4, 0.5) is 5.69 Å². The second kappa shape index (κ2) is 6.83. The first-order chi connectivity index (χ1) is 11.5. The Labute approximate surface area is 141 Å². The van der Waals surface area contributed by atoms with Crippen LogP contribution in [-0.4, -0.2) is 27.7 Å². The minimum absolute atomic E-state index is 0.0265. The number of nitrogens with one attached hydrogen (secondary N) is 1. The summed E-state index contributed by atoms with van der Waals surface area (Å²) in [4.78, 5) is 30.6. The molecular formula is C19H21N3O2. The summed E-state index contributed by atoms with van der Waals surface area (Å²) in [7, 11) is 0. The first kappa shape index (κ1) is 16.2. The van der Waals surface area contributed by atoms with Gasteiger partial charge < -0.3 is 10.2 Å². The third-order valence-corrected chi connectivity index (χ3v) is 4.40. The van der Waals surface area contributed by atoms with Gasteiger partial charge in [0.05, 0.1) is 11.9 Å². The quantitative estimate of drug-likeness (QED) is 0.941. The Morgan fingerprint density at radius 2 is 2.00 bits per heavy atom. The summed E-state index contributed by atoms with van der Waals surface area (Å²) < 4.78 is 0. The third kappa shape index (κ3) is 3.45. The second-order valence-electron chi connectivity index (χ2n) is 6.24. The SMILES string of the molecule is Cc1ccc(CN2C(=O)CCC2C(=O)Nc2cnccc2C)cc1. The van der Waals surface area contributed by atoms with E-state index >= 15 is 0 Å². The second-order valence-corrected chi connectivity index (χ2v) is 6.24. The lowest BCUT2D eigenvalue weighted by Gasteiger charge is -2.24. The van der Waals surface area contributed by atoms with Crippen molar-refractivity contribution in [2.45, 2.75) is 39.3 Å². The predicted octanol–water partition coefficient (Wildman–Crippen LogP) is 2.83. The van der Waals surface area contributed by atoms with Crippen molar-refractivity contribution in [2.24, 2.45) is 0 Å². The van der Waals surface area contributed by atoms with Gasteiger partial charge in [0.25, 0.3) is 0 Å². The smallest absolute Gasteiger partial charge is 0.247 e. The molecular weight excluding hydrogens is 302 g/mol. The molecule has 1 N–H and O–H groups in total. The van der Waals surface area contributed by atoms with Crippen LogP contribution >= 0.6 is 0 Å². The molecule has 0 saturated carbocycles. The van der Waals surface area contributed by atoms with Crippen molar-refractivity contribution in [2.75, 3.05) is 5.32 Å². The minimum Gasteiger partial charge on any atom is -0.326 e. The fourth-order valence-corrected chi connectivity index (χ4v) is 2.91. The number of rotatable bonds is 4. The molecule has 0 radical (unpaired) electrons. The van der Waals surface area contributed by atoms with Gasteiger partial charge in [0.15, 0.2) is 0 Å². The number of anilines is 1. The fourth-order valence-electron chi connectivity index (χ4n) is 2.91. The van der Waals surface area contributed by atoms with Crippen molar-refractivity contribution in [3.63, 3.8) is 0 Å². The van der Waals surface area contributed by atoms with E-state index < -0.39 is 6.04 Å². The van der Waals surface area contributed by atoms with E-state index in [4.69, 9.17) is 0 Å². The van der Waals surface area contributed by atoms with Gasteiger partial charge in [-0.25, -0.2) is 0 Å². The van der Waals surface area contributed by atoms with E-state index in [0.29, 0.717) is 25.1 Å². The van der Waals surface area contributed by atoms with Gasteiger partial charge >= 0.3 is 0 Å². The fraction of sp³-hybridized carbons (Fsp3) is 0.316. The van der Waals surface area contributed by atoms with Crippen LogP contribution in [0.2, 0.25) is 0 Å². The van der Waals surface area contributed by atoms with Gasteiger partial charge in [-0.2, -0.15) is 0 Å². The average Bonchev–Trinajstić information content (AvgIpc) is 2.93. The molecule has 1 aliphatic heterocycles. The van der Waals surface area contributed by atoms with Crippen LogP contribution in [0.1, 0.15) is 29.5 Å². The van der Waals surface area contributed by atoms with Crippen molar-refractivity contribution < 1.29 is 9.59 Å². The molecule has 1 fully saturated rings. The lowest BCUT2D eigenvalue weighted by Crippen LogP contribution is -2.41. The lowest BCUT2D eigenvalue weighted by atomic mass is 10.1. The zero-order chi connectivity index (χ0) is 17.1. The molecule has 1 aromatic heterocycles. The Morgan fingerprint density at radius 1 is 1.25 bits per heavy atom. The number of carbonyl (C=O) groups is 2. The van der Waals surface area contributed by atoms with Crippen molar-refractivity contribution in [3.05, 3.63) is 59.4 Å². The number of hydrogen-bond acceptors (Lipinski definition) is 3. The Kier molecular flexibility index (Phi) is 4.60. The topological polar surface area (TPSA) is 62.3 Å². The zero-order valence-electron chi connectivity index (χ0n) is 14.0. The molecule has 5 heteroatoms. The summed E-state index contributed by atoms with van der Waals surface area (Å²) in [6.45, 7) is 4.40. The van der Waals surface area contributed by atoms with Crippen LogP contribution < -0.4 is 5.32 Å². The molecule has 2 heterocycles. The van der Waals surface area contributed by atoms with Crippen LogP contribution in [0, 0.1) is 13.8 Å². The highest BCUT2D eigenvalue weighted by Crippen LogP contribution is 2.23. The molecule has 1 unspecified atom stereocenters. The minimum atomic E-state index is -0.432. The summed E-state index contributed by atoms with van der Waals surface area (Å²) in [5, 5.41) is 2.90. The standard InChI is InChI=1S/C19H21N3O2/c1-13-3-5-15(6-4-13)12-22-17(7-8-18(22)23)19(24)21-16-11-20-10-9-14(16)2/h3-6,9-11,17H,7-8,12H2,1-2H3,(H,21,24). The number of amides is 2. The number of benzene rings is 1. The predicted molar refractivity (Wildman–Crippen MR) is 92.4 cm³/mol. The van der Waals surface area contributed by atoms with E-state index in [1.54, 1.807) is 17.3 Å². The van der Waals surface area contributed by atoms with Crippen LogP contribution in [0.15, 0.2) is 42.7 Å². The van der Waals surface area contributed by atoms with Crippen LogP contribution in [0.3, 0.4) is 0 Å². The normalized spacial score (nSPS) is 17.2. The highest BCUT2D eigenvalue weighted by atomic mass is 16.2. The number of aromatic nitrogens is 1. The van der Waals surface area contributed by atoms with E-state index in [1.807, 2.05) is 44.2 Å². The van der Waals surface area contributed by atoms with Gasteiger partial charge in [-0.3, -0.25) is 14.6 Å². The maximum Gasteiger partial charge on any atom is 0.247 e. The largest absolute Gasteiger partial charge is 0.326 e. The molecule has 0 aliphatic carbocycles. The number of nitrogens with zero attached hydrogens (tertiary/aromatic N) is 2. The van der Waals surface area contributed by atoms with Gasteiger partial charge in [-0.15, -0.1) is 0 Å². The molecule has 124 valence electrons. The molecule has 5 nitrogen and oxygen atoms in total. The molecule has 2 aromatic rings. The molecule has 0 spiro atoms. The van der Waals surface area contributed by atoms with Crippen LogP contribution in [0.25, 0.3) is 0 Å². The monoisotopic (exact) mass is 323 g/mol. The summed E-state index contributed by atoms with van der Waals surface area (Å²) in [6, 6.07) is 9.45. The molecule has 24 heavy (non-hydrogen) atoms. The summed E-state index contributed by atoms with van der Waals surface area (Å²) in [6.07, 6.45) is 4.29. The van der Waals surface area contributed by atoms with Crippen LogP contribution in [-0.2, 0) is 16.1 Å². The van der Waals surface area contributed by atoms with Gasteiger partial charge in [-0.05, 0) is 37.5 Å². The van der Waals surface area contributed by atoms with E-state index in [9.17, 15) is 9.59 Å². The maximum absolute atomic E-state index is 12.6. The molecule has 2 amide bonds. The Balaban J connectivity index is 1.73. The van der Waals surface area contributed by atoms with E-state index in [2.05, 4.69) is 10.3 Å². The highest BCUT2D eigenvalue weighted by molar-refractivity contribution is 5.99. The maximum atomic E-state index is 12.6. The van der Waals surface area contributed by atoms with Crippen LogP contribution in [0.5, 0.6) is 0 Å². The average molecular weight is 323 g/mol. The molecule has 0 bridgehead atoms. The first-order valence-corrected chi connectivity index (χ1v) is 8.11. The number of hydrogen-bond donors (Lipinski definition) is 1. The first-order valence-electron chi connectivity index (χ1n) is 8.11. The van der Waals surface area contributed by atoms with Gasteiger partial charge in [0.1, 0.15) is 6.04 Å². The van der Waals surface area contributed by atoms with Gasteiger partial charge in [-0.1, -0.05) is 29.8 Å². The molecule has 3 rings (SSSR count). The Morgan fingerprint density at radius 3 is 2.71 bits per heavy atom. The van der Waals surface area contributed by atoms with Crippen molar-refractivity contribution in [1.82, 2.24) is 9.88 Å². The third-order valence-electron chi connectivity index (χ3n) is 4.40. The zero-order valence-corrected chi connectivity index (χ0v) is 14.0. The van der Waals surface area contributed by atoms with Crippen molar-refractivity contribution in [1.29, 1.82) is 0 Å². The molecule has 1 saturated heterocycles. The van der Waals surface area contributed by atoms with Gasteiger partial charge in [0.2, 0.25) is 11.8 Å². The highest BCUT2D eigenvalue weighted by Gasteiger charge is 2.36. The Hall–Kier alpha value is -2.69. The number of aryl methyl sites for hydroxylation is 2. The van der Waals surface area contributed by atoms with Crippen molar-refractivity contribution >= 4 is 17.5 Å². The molecule has 1 atom stereocenters. The molecule has 1 aliphatic rings. The lowest BCUT2D eigenvalue weighted by molar-refractivity contribution is -0.133. The van der Waals surface area contributed by atoms with Gasteiger partial charge in [0, 0.05) is 19.2 Å². The van der Waals surface area contributed by atoms with E-state index in [1.165, 1.54) is 5.56 Å². The summed E-state index contributed by atoms with van der Waals surface area (Å²) in [5.41, 5.74) is 3.85. The number of pyridine rings is 1.